The Morgan fingerprint density at radius 3 is 2.29 bits per heavy atom. The minimum absolute atomic E-state index is 0.0211. The molecule has 0 saturated carbocycles. The van der Waals surface area contributed by atoms with Crippen LogP contribution in [0.15, 0.2) is 78.0 Å². The molecule has 5 nitrogen and oxygen atoms in total. The first-order valence-electron chi connectivity index (χ1n) is 10.4. The number of rotatable bonds is 10. The molecule has 0 unspecified atom stereocenters. The molecular weight excluding hydrogens is 390 g/mol. The summed E-state index contributed by atoms with van der Waals surface area (Å²) < 4.78 is 5.76. The lowest BCUT2D eigenvalue weighted by Crippen LogP contribution is -2.08. The number of benzene rings is 3. The lowest BCUT2D eigenvalue weighted by Gasteiger charge is -2.12. The van der Waals surface area contributed by atoms with Crippen LogP contribution >= 0.6 is 0 Å². The van der Waals surface area contributed by atoms with E-state index >= 15 is 0 Å². The van der Waals surface area contributed by atoms with Crippen molar-refractivity contribution < 1.29 is 19.5 Å². The number of ether oxygens (including phenoxy) is 1. The zero-order valence-corrected chi connectivity index (χ0v) is 17.9. The van der Waals surface area contributed by atoms with Gasteiger partial charge in [0.2, 0.25) is 0 Å². The summed E-state index contributed by atoms with van der Waals surface area (Å²) in [6.07, 6.45) is 0.731. The molecule has 0 aliphatic rings. The summed E-state index contributed by atoms with van der Waals surface area (Å²) in [6.45, 7) is 4.53. The summed E-state index contributed by atoms with van der Waals surface area (Å²) in [6, 6.07) is 24.0. The Bertz CT molecular complexity index is 1030. The van der Waals surface area contributed by atoms with Crippen molar-refractivity contribution in [1.29, 1.82) is 0 Å². The highest BCUT2D eigenvalue weighted by Gasteiger charge is 2.08. The lowest BCUT2D eigenvalue weighted by atomic mass is 10.0. The first-order valence-corrected chi connectivity index (χ1v) is 10.4. The molecule has 0 bridgehead atoms. The molecule has 0 fully saturated rings. The molecule has 0 amide bonds. The molecule has 0 spiro atoms. The van der Waals surface area contributed by atoms with Crippen molar-refractivity contribution in [3.8, 4) is 16.9 Å². The van der Waals surface area contributed by atoms with E-state index in [9.17, 15) is 4.79 Å². The van der Waals surface area contributed by atoms with Crippen LogP contribution in [0.4, 0.5) is 0 Å². The van der Waals surface area contributed by atoms with Gasteiger partial charge in [0.05, 0.1) is 12.1 Å². The first kappa shape index (κ1) is 22.1. The van der Waals surface area contributed by atoms with Crippen LogP contribution in [0.5, 0.6) is 5.75 Å². The Labute approximate surface area is 182 Å². The SMILES string of the molecule is CCC(=NOCCOc1cccc(CC(=O)O)c1C)c1ccc(-c2ccccc2)cc1. The van der Waals surface area contributed by atoms with Gasteiger partial charge in [0, 0.05) is 0 Å². The number of carboxylic acid groups (broad SMARTS) is 1. The summed E-state index contributed by atoms with van der Waals surface area (Å²) in [5.74, 6) is -0.194. The van der Waals surface area contributed by atoms with Crippen LogP contribution in [0.3, 0.4) is 0 Å². The summed E-state index contributed by atoms with van der Waals surface area (Å²) in [5.41, 5.74) is 5.83. The average Bonchev–Trinajstić information content (AvgIpc) is 2.79. The van der Waals surface area contributed by atoms with E-state index in [0.29, 0.717) is 19.0 Å². The number of carboxylic acids is 1. The third kappa shape index (κ3) is 6.19. The van der Waals surface area contributed by atoms with Gasteiger partial charge in [-0.3, -0.25) is 4.79 Å². The van der Waals surface area contributed by atoms with E-state index in [1.165, 1.54) is 5.56 Å². The second-order valence-corrected chi connectivity index (χ2v) is 7.13. The molecule has 3 aromatic rings. The van der Waals surface area contributed by atoms with Gasteiger partial charge in [-0.15, -0.1) is 0 Å². The van der Waals surface area contributed by atoms with Gasteiger partial charge in [-0.2, -0.15) is 0 Å². The highest BCUT2D eigenvalue weighted by Crippen LogP contribution is 2.22. The fourth-order valence-corrected chi connectivity index (χ4v) is 3.29. The molecule has 0 atom stereocenters. The Kier molecular flexibility index (Phi) is 7.82. The Hall–Kier alpha value is -3.60. The monoisotopic (exact) mass is 417 g/mol. The molecule has 0 saturated heterocycles. The van der Waals surface area contributed by atoms with E-state index in [1.807, 2.05) is 38.1 Å². The minimum atomic E-state index is -0.859. The van der Waals surface area contributed by atoms with E-state index in [4.69, 9.17) is 14.7 Å². The van der Waals surface area contributed by atoms with Gasteiger partial charge in [0.25, 0.3) is 0 Å². The predicted octanol–water partition coefficient (Wildman–Crippen LogP) is 5.50. The Morgan fingerprint density at radius 2 is 1.61 bits per heavy atom. The van der Waals surface area contributed by atoms with E-state index in [2.05, 4.69) is 41.6 Å². The van der Waals surface area contributed by atoms with Crippen molar-refractivity contribution in [3.05, 3.63) is 89.5 Å². The van der Waals surface area contributed by atoms with Gasteiger partial charge in [-0.05, 0) is 47.2 Å². The standard InChI is InChI=1S/C26H27NO4/c1-3-24(22-14-12-21(13-15-22)20-8-5-4-6-9-20)27-31-17-16-30-25-11-7-10-23(19(25)2)18-26(28)29/h4-15H,3,16-18H2,1-2H3,(H,28,29). The lowest BCUT2D eigenvalue weighted by molar-refractivity contribution is -0.136. The topological polar surface area (TPSA) is 68.1 Å². The molecule has 1 N–H and O–H groups in total. The van der Waals surface area contributed by atoms with Crippen LogP contribution in [0.25, 0.3) is 11.1 Å². The maximum absolute atomic E-state index is 11.0. The molecule has 160 valence electrons. The molecule has 3 aromatic carbocycles. The number of hydrogen-bond donors (Lipinski definition) is 1. The Balaban J connectivity index is 1.55. The number of oxime groups is 1. The van der Waals surface area contributed by atoms with Crippen molar-refractivity contribution in [2.45, 2.75) is 26.7 Å². The Morgan fingerprint density at radius 1 is 0.903 bits per heavy atom. The fourth-order valence-electron chi connectivity index (χ4n) is 3.29. The molecule has 0 radical (unpaired) electrons. The summed E-state index contributed by atoms with van der Waals surface area (Å²) in [7, 11) is 0. The largest absolute Gasteiger partial charge is 0.490 e. The van der Waals surface area contributed by atoms with Crippen molar-refractivity contribution in [1.82, 2.24) is 0 Å². The van der Waals surface area contributed by atoms with Crippen LogP contribution in [0.2, 0.25) is 0 Å². The molecule has 0 aliphatic carbocycles. The number of hydrogen-bond acceptors (Lipinski definition) is 4. The molecule has 0 aromatic heterocycles. The number of aliphatic carboxylic acids is 1. The van der Waals surface area contributed by atoms with Gasteiger partial charge in [-0.25, -0.2) is 0 Å². The minimum Gasteiger partial charge on any atom is -0.490 e. The third-order valence-corrected chi connectivity index (χ3v) is 5.01. The van der Waals surface area contributed by atoms with Gasteiger partial charge >= 0.3 is 5.97 Å². The molecular formula is C26H27NO4. The van der Waals surface area contributed by atoms with E-state index in [-0.39, 0.29) is 6.42 Å². The second-order valence-electron chi connectivity index (χ2n) is 7.13. The van der Waals surface area contributed by atoms with Crippen LogP contribution in [0, 0.1) is 6.92 Å². The van der Waals surface area contributed by atoms with Crippen LogP contribution < -0.4 is 4.74 Å². The van der Waals surface area contributed by atoms with Crippen molar-refractivity contribution in [2.75, 3.05) is 13.2 Å². The summed E-state index contributed by atoms with van der Waals surface area (Å²) in [4.78, 5) is 16.4. The fraction of sp³-hybridized carbons (Fsp3) is 0.231. The maximum Gasteiger partial charge on any atom is 0.307 e. The summed E-state index contributed by atoms with van der Waals surface area (Å²) in [5, 5.41) is 13.3. The average molecular weight is 418 g/mol. The van der Waals surface area contributed by atoms with Crippen LogP contribution in [0.1, 0.15) is 30.0 Å². The second kappa shape index (κ2) is 11.0. The number of nitrogens with zero attached hydrogens (tertiary/aromatic N) is 1. The highest BCUT2D eigenvalue weighted by molar-refractivity contribution is 6.00. The molecule has 3 rings (SSSR count). The van der Waals surface area contributed by atoms with Gasteiger partial charge < -0.3 is 14.7 Å². The first-order chi connectivity index (χ1) is 15.1. The quantitative estimate of drug-likeness (QED) is 0.269. The smallest absolute Gasteiger partial charge is 0.307 e. The third-order valence-electron chi connectivity index (χ3n) is 5.01. The van der Waals surface area contributed by atoms with E-state index < -0.39 is 5.97 Å². The normalized spacial score (nSPS) is 11.2. The van der Waals surface area contributed by atoms with Crippen molar-refractivity contribution in [2.24, 2.45) is 5.16 Å². The molecule has 31 heavy (non-hydrogen) atoms. The zero-order chi connectivity index (χ0) is 22.1. The van der Waals surface area contributed by atoms with Gasteiger partial charge in [0.15, 0.2) is 6.61 Å². The van der Waals surface area contributed by atoms with Gasteiger partial charge in [0.1, 0.15) is 12.4 Å². The summed E-state index contributed by atoms with van der Waals surface area (Å²) >= 11 is 0. The van der Waals surface area contributed by atoms with Crippen LogP contribution in [-0.4, -0.2) is 30.0 Å². The molecule has 0 heterocycles. The van der Waals surface area contributed by atoms with E-state index in [0.717, 1.165) is 34.4 Å². The molecule has 5 heteroatoms. The molecule has 0 aliphatic heterocycles. The van der Waals surface area contributed by atoms with Crippen molar-refractivity contribution >= 4 is 11.7 Å². The van der Waals surface area contributed by atoms with Gasteiger partial charge in [-0.1, -0.05) is 78.8 Å². The zero-order valence-electron chi connectivity index (χ0n) is 17.9. The highest BCUT2D eigenvalue weighted by atomic mass is 16.6. The number of carbonyl (C=O) groups is 1. The predicted molar refractivity (Wildman–Crippen MR) is 123 cm³/mol. The van der Waals surface area contributed by atoms with E-state index in [1.54, 1.807) is 12.1 Å². The van der Waals surface area contributed by atoms with Crippen molar-refractivity contribution in [3.63, 3.8) is 0 Å². The maximum atomic E-state index is 11.0. The van der Waals surface area contributed by atoms with Crippen LogP contribution in [-0.2, 0) is 16.1 Å².